The van der Waals surface area contributed by atoms with Crippen molar-refractivity contribution in [1.29, 1.82) is 0 Å². The van der Waals surface area contributed by atoms with Crippen molar-refractivity contribution in [3.63, 3.8) is 0 Å². The Kier molecular flexibility index (Phi) is 12.9. The second-order valence-corrected chi connectivity index (χ2v) is 20.9. The SMILES string of the molecule is CC(C)c1cc(-c2cc(F)cc(F)c2)cc(C(C)C)c1N1[CH-]N(c2[c-]c(Oc3[c-]c4c(cc3)c3ccccc3n4-c3ccccn3)cc(-c3c(C(C)(C)C)cccc3C(C)(C)C)c2)c2ccccc21.[Pt]. The molecule has 0 saturated carbocycles. The molecule has 10 rings (SSSR count). The van der Waals surface area contributed by atoms with Crippen LogP contribution in [0.4, 0.5) is 31.5 Å². The number of hydrogen-bond acceptors (Lipinski definition) is 4. The maximum Gasteiger partial charge on any atom is 0.135 e. The first-order valence-corrected chi connectivity index (χ1v) is 23.9. The van der Waals surface area contributed by atoms with Gasteiger partial charge in [0, 0.05) is 67.4 Å². The standard InChI is InChI=1S/C62H57F2N4O.Pt/c1-38(2)50-32-41(40-28-43(63)34-44(64)29-40)33-51(39(3)4)60(50)67-37-66(55-22-13-14-23-56(55)67)45-30-42(59-52(61(5,6)7)19-17-20-53(59)62(8,9)10)31-47(35-45)69-46-25-26-49-48-18-11-12-21-54(48)68(57(49)36-46)58-24-15-16-27-65-58;/h11-34,37-39H,1-10H3;/q-3;. The smallest absolute Gasteiger partial charge is 0.135 e. The number of hydrogen-bond donors (Lipinski definition) is 0. The first-order valence-electron chi connectivity index (χ1n) is 23.9. The van der Waals surface area contributed by atoms with Crippen LogP contribution >= 0.6 is 0 Å². The molecule has 1 aliphatic heterocycles. The summed E-state index contributed by atoms with van der Waals surface area (Å²) in [6.07, 6.45) is 1.81. The van der Waals surface area contributed by atoms with Gasteiger partial charge in [0.2, 0.25) is 0 Å². The van der Waals surface area contributed by atoms with Gasteiger partial charge in [0.1, 0.15) is 17.5 Å². The number of rotatable bonds is 9. The quantitative estimate of drug-likeness (QED) is 0.135. The molecule has 0 fully saturated rings. The van der Waals surface area contributed by atoms with Crippen molar-refractivity contribution in [2.24, 2.45) is 0 Å². The Morgan fingerprint density at radius 1 is 0.571 bits per heavy atom. The van der Waals surface area contributed by atoms with Crippen molar-refractivity contribution >= 4 is 44.6 Å². The number of halogens is 2. The molecule has 70 heavy (non-hydrogen) atoms. The van der Waals surface area contributed by atoms with Crippen molar-refractivity contribution in [2.45, 2.75) is 91.9 Å². The first kappa shape index (κ1) is 48.5. The Morgan fingerprint density at radius 2 is 1.17 bits per heavy atom. The van der Waals surface area contributed by atoms with Crippen LogP contribution < -0.4 is 14.5 Å². The molecule has 0 unspecified atom stereocenters. The van der Waals surface area contributed by atoms with E-state index in [1.165, 1.54) is 28.8 Å². The normalized spacial score (nSPS) is 12.9. The third kappa shape index (κ3) is 8.94. The van der Waals surface area contributed by atoms with Gasteiger partial charge in [0.15, 0.2) is 0 Å². The summed E-state index contributed by atoms with van der Waals surface area (Å²) in [5, 5.41) is 2.16. The summed E-state index contributed by atoms with van der Waals surface area (Å²) in [6.45, 7) is 24.5. The van der Waals surface area contributed by atoms with Crippen LogP contribution in [0.1, 0.15) is 103 Å². The second kappa shape index (κ2) is 18.6. The molecule has 2 aromatic heterocycles. The minimum Gasteiger partial charge on any atom is -0.509 e. The van der Waals surface area contributed by atoms with Crippen LogP contribution in [0.5, 0.6) is 11.5 Å². The van der Waals surface area contributed by atoms with E-state index in [1.807, 2.05) is 36.5 Å². The second-order valence-electron chi connectivity index (χ2n) is 20.9. The molecule has 0 atom stereocenters. The summed E-state index contributed by atoms with van der Waals surface area (Å²) in [5.41, 5.74) is 13.4. The van der Waals surface area contributed by atoms with Gasteiger partial charge >= 0.3 is 0 Å². The fourth-order valence-electron chi connectivity index (χ4n) is 9.95. The van der Waals surface area contributed by atoms with Crippen LogP contribution in [-0.2, 0) is 31.9 Å². The van der Waals surface area contributed by atoms with E-state index < -0.39 is 11.6 Å². The molecule has 0 radical (unpaired) electrons. The zero-order chi connectivity index (χ0) is 48.5. The van der Waals surface area contributed by atoms with E-state index in [2.05, 4.69) is 193 Å². The Labute approximate surface area is 426 Å². The number of ether oxygens (including phenoxy) is 1. The Balaban J connectivity index is 0.00000608. The van der Waals surface area contributed by atoms with E-state index in [0.29, 0.717) is 17.1 Å². The summed E-state index contributed by atoms with van der Waals surface area (Å²) in [4.78, 5) is 9.23. The molecule has 0 bridgehead atoms. The molecule has 358 valence electrons. The summed E-state index contributed by atoms with van der Waals surface area (Å²) in [5.74, 6) is 0.852. The van der Waals surface area contributed by atoms with Crippen LogP contribution in [0.25, 0.3) is 49.9 Å². The van der Waals surface area contributed by atoms with Gasteiger partial charge in [0.25, 0.3) is 0 Å². The molecule has 7 aromatic carbocycles. The number of anilines is 4. The molecule has 0 aliphatic carbocycles. The molecule has 8 heteroatoms. The van der Waals surface area contributed by atoms with Gasteiger partial charge < -0.3 is 19.1 Å². The van der Waals surface area contributed by atoms with Gasteiger partial charge in [-0.1, -0.05) is 129 Å². The summed E-state index contributed by atoms with van der Waals surface area (Å²) < 4.78 is 38.5. The van der Waals surface area contributed by atoms with Crippen LogP contribution in [0.3, 0.4) is 0 Å². The molecule has 0 spiro atoms. The molecule has 0 saturated heterocycles. The average molecular weight is 1110 g/mol. The first-order chi connectivity index (χ1) is 32.9. The van der Waals surface area contributed by atoms with E-state index in [-0.39, 0.29) is 43.7 Å². The fourth-order valence-corrected chi connectivity index (χ4v) is 9.95. The van der Waals surface area contributed by atoms with Gasteiger partial charge in [-0.15, -0.1) is 53.6 Å². The van der Waals surface area contributed by atoms with Crippen LogP contribution in [-0.4, -0.2) is 9.55 Å². The number of aromatic nitrogens is 2. The molecular formula is C62H57F2N4OPt-3. The van der Waals surface area contributed by atoms with Gasteiger partial charge in [-0.25, -0.2) is 13.8 Å². The number of pyridine rings is 1. The van der Waals surface area contributed by atoms with Gasteiger partial charge in [-0.3, -0.25) is 0 Å². The third-order valence-electron chi connectivity index (χ3n) is 13.2. The Hall–Kier alpha value is -6.56. The number of benzene rings is 7. The average Bonchev–Trinajstić information content (AvgIpc) is 3.86. The molecule has 0 N–H and O–H groups in total. The number of nitrogens with zero attached hydrogens (tertiary/aromatic N) is 4. The molecule has 5 nitrogen and oxygen atoms in total. The molecule has 9 aromatic rings. The van der Waals surface area contributed by atoms with Crippen molar-refractivity contribution in [3.8, 4) is 39.6 Å². The van der Waals surface area contributed by atoms with Crippen molar-refractivity contribution in [1.82, 2.24) is 9.55 Å². The van der Waals surface area contributed by atoms with Crippen LogP contribution in [0.2, 0.25) is 0 Å². The Morgan fingerprint density at radius 3 is 1.79 bits per heavy atom. The maximum absolute atomic E-state index is 14.7. The van der Waals surface area contributed by atoms with Crippen LogP contribution in [0.15, 0.2) is 146 Å². The maximum atomic E-state index is 14.7. The minimum absolute atomic E-state index is 0. The minimum atomic E-state index is -0.601. The third-order valence-corrected chi connectivity index (χ3v) is 13.2. The molecule has 3 heterocycles. The topological polar surface area (TPSA) is 33.5 Å². The van der Waals surface area contributed by atoms with Crippen molar-refractivity contribution in [3.05, 3.63) is 198 Å². The number of para-hydroxylation sites is 3. The Bertz CT molecular complexity index is 3340. The number of fused-ring (bicyclic) bond motifs is 4. The van der Waals surface area contributed by atoms with Gasteiger partial charge in [0.05, 0.1) is 0 Å². The van der Waals surface area contributed by atoms with Crippen LogP contribution in [0, 0.1) is 30.4 Å². The predicted octanol–water partition coefficient (Wildman–Crippen LogP) is 17.4. The summed E-state index contributed by atoms with van der Waals surface area (Å²) in [7, 11) is 0. The van der Waals surface area contributed by atoms with E-state index in [1.54, 1.807) is 0 Å². The molecule has 0 amide bonds. The zero-order valence-corrected chi connectivity index (χ0v) is 43.6. The van der Waals surface area contributed by atoms with E-state index >= 15 is 0 Å². The van der Waals surface area contributed by atoms with Gasteiger partial charge in [-0.05, 0) is 122 Å². The largest absolute Gasteiger partial charge is 0.509 e. The zero-order valence-electron chi connectivity index (χ0n) is 41.4. The van der Waals surface area contributed by atoms with Crippen molar-refractivity contribution < 1.29 is 34.6 Å². The predicted molar refractivity (Wildman–Crippen MR) is 281 cm³/mol. The summed E-state index contributed by atoms with van der Waals surface area (Å²) in [6, 6.07) is 53.2. The van der Waals surface area contributed by atoms with Crippen molar-refractivity contribution in [2.75, 3.05) is 9.80 Å². The molecule has 1 aliphatic rings. The summed E-state index contributed by atoms with van der Waals surface area (Å²) >= 11 is 0. The monoisotopic (exact) mass is 1110 g/mol. The van der Waals surface area contributed by atoms with E-state index in [9.17, 15) is 8.78 Å². The van der Waals surface area contributed by atoms with E-state index in [4.69, 9.17) is 9.72 Å². The fraction of sp³-hybridized carbons (Fsp3) is 0.226. The molecular weight excluding hydrogens is 1050 g/mol. The van der Waals surface area contributed by atoms with Gasteiger partial charge in [-0.2, -0.15) is 6.07 Å². The van der Waals surface area contributed by atoms with E-state index in [0.717, 1.165) is 78.7 Å².